The third-order valence-corrected chi connectivity index (χ3v) is 5.89. The number of carbonyl (C=O) groups excluding carboxylic acids is 1. The highest BCUT2D eigenvalue weighted by Gasteiger charge is 2.21. The fraction of sp³-hybridized carbons (Fsp3) is 0.312. The summed E-state index contributed by atoms with van der Waals surface area (Å²) in [5, 5.41) is 0. The second-order valence-electron chi connectivity index (χ2n) is 4.92. The van der Waals surface area contributed by atoms with Gasteiger partial charge in [0, 0.05) is 22.7 Å². The van der Waals surface area contributed by atoms with Gasteiger partial charge in [0.05, 0.1) is 10.0 Å². The maximum absolute atomic E-state index is 12.6. The topological polar surface area (TPSA) is 20.3 Å². The third kappa shape index (κ3) is 3.62. The maximum Gasteiger partial charge on any atom is 0.227 e. The number of rotatable bonds is 3. The molecule has 1 aliphatic rings. The van der Waals surface area contributed by atoms with Crippen molar-refractivity contribution in [3.05, 3.63) is 45.6 Å². The van der Waals surface area contributed by atoms with E-state index in [4.69, 9.17) is 11.6 Å². The van der Waals surface area contributed by atoms with E-state index in [-0.39, 0.29) is 5.91 Å². The van der Waals surface area contributed by atoms with Gasteiger partial charge in [-0.25, -0.2) is 0 Å². The smallest absolute Gasteiger partial charge is 0.227 e. The van der Waals surface area contributed by atoms with E-state index in [9.17, 15) is 4.79 Å². The van der Waals surface area contributed by atoms with E-state index in [1.54, 1.807) is 11.3 Å². The fourth-order valence-electron chi connectivity index (χ4n) is 2.44. The average Bonchev–Trinajstić information content (AvgIpc) is 2.79. The van der Waals surface area contributed by atoms with Gasteiger partial charge in [0.15, 0.2) is 0 Å². The van der Waals surface area contributed by atoms with Crippen LogP contribution in [0.5, 0.6) is 0 Å². The minimum absolute atomic E-state index is 0.203. The summed E-state index contributed by atoms with van der Waals surface area (Å²) in [4.78, 5) is 16.9. The first-order chi connectivity index (χ1) is 10.2. The number of carbonyl (C=O) groups is 1. The summed E-state index contributed by atoms with van der Waals surface area (Å²) in [5.74, 6) is 1.27. The molecule has 110 valence electrons. The van der Waals surface area contributed by atoms with Crippen molar-refractivity contribution in [2.24, 2.45) is 0 Å². The first-order valence-electron chi connectivity index (χ1n) is 7.00. The molecular formula is C16H16ClNOS2. The van der Waals surface area contributed by atoms with Crippen molar-refractivity contribution in [3.8, 4) is 0 Å². The monoisotopic (exact) mass is 337 g/mol. The van der Waals surface area contributed by atoms with Gasteiger partial charge in [-0.1, -0.05) is 23.7 Å². The van der Waals surface area contributed by atoms with Crippen molar-refractivity contribution >= 4 is 46.3 Å². The van der Waals surface area contributed by atoms with Crippen LogP contribution in [0.1, 0.15) is 17.7 Å². The number of benzene rings is 1. The summed E-state index contributed by atoms with van der Waals surface area (Å²) in [6.07, 6.45) is 2.34. The van der Waals surface area contributed by atoms with E-state index >= 15 is 0 Å². The lowest BCUT2D eigenvalue weighted by Crippen LogP contribution is -2.31. The Labute approximate surface area is 138 Å². The molecule has 2 nitrogen and oxygen atoms in total. The molecule has 0 saturated carbocycles. The van der Waals surface area contributed by atoms with E-state index in [1.807, 2.05) is 47.0 Å². The second-order valence-corrected chi connectivity index (χ2v) is 7.86. The predicted octanol–water partition coefficient (Wildman–Crippen LogP) is 4.86. The van der Waals surface area contributed by atoms with E-state index in [0.29, 0.717) is 6.42 Å². The lowest BCUT2D eigenvalue weighted by molar-refractivity contribution is -0.118. The molecule has 2 heterocycles. The van der Waals surface area contributed by atoms with Gasteiger partial charge in [0.25, 0.3) is 0 Å². The van der Waals surface area contributed by atoms with Crippen LogP contribution in [-0.4, -0.2) is 18.2 Å². The Hall–Kier alpha value is -0.970. The largest absolute Gasteiger partial charge is 0.311 e. The lowest BCUT2D eigenvalue weighted by atomic mass is 10.2. The molecule has 0 radical (unpaired) electrons. The summed E-state index contributed by atoms with van der Waals surface area (Å²) >= 11 is 9.33. The standard InChI is InChI=1S/C16H16ClNOS2/c17-15-8-6-12(21-15)7-9-16(19)18-10-3-11-20-14-5-2-1-4-13(14)18/h1-2,4-6,8H,3,7,9-11H2. The van der Waals surface area contributed by atoms with Crippen LogP contribution < -0.4 is 4.90 Å². The number of fused-ring (bicyclic) bond motifs is 1. The van der Waals surface area contributed by atoms with Crippen molar-refractivity contribution in [1.82, 2.24) is 0 Å². The molecule has 2 aromatic rings. The SMILES string of the molecule is O=C(CCc1ccc(Cl)s1)N1CCCSc2ccccc21. The van der Waals surface area contributed by atoms with Gasteiger partial charge in [-0.15, -0.1) is 23.1 Å². The molecule has 5 heteroatoms. The van der Waals surface area contributed by atoms with Crippen molar-refractivity contribution in [2.45, 2.75) is 24.2 Å². The molecule has 0 N–H and O–H groups in total. The molecule has 21 heavy (non-hydrogen) atoms. The third-order valence-electron chi connectivity index (χ3n) is 3.45. The maximum atomic E-state index is 12.6. The van der Waals surface area contributed by atoms with Crippen LogP contribution in [0.2, 0.25) is 4.34 Å². The van der Waals surface area contributed by atoms with Gasteiger partial charge in [0.1, 0.15) is 0 Å². The first kappa shape index (κ1) is 14.9. The molecule has 0 fully saturated rings. The molecule has 0 atom stereocenters. The number of thiophene rings is 1. The zero-order valence-corrected chi connectivity index (χ0v) is 13.9. The minimum atomic E-state index is 0.203. The fourth-order valence-corrected chi connectivity index (χ4v) is 4.52. The van der Waals surface area contributed by atoms with Crippen LogP contribution in [0.25, 0.3) is 0 Å². The Morgan fingerprint density at radius 3 is 2.90 bits per heavy atom. The molecule has 3 rings (SSSR count). The van der Waals surface area contributed by atoms with E-state index in [0.717, 1.165) is 35.2 Å². The Kier molecular flexibility index (Phi) is 4.88. The quantitative estimate of drug-likeness (QED) is 0.796. The summed E-state index contributed by atoms with van der Waals surface area (Å²) in [5.41, 5.74) is 1.06. The molecule has 0 saturated heterocycles. The number of thioether (sulfide) groups is 1. The summed E-state index contributed by atoms with van der Waals surface area (Å²) in [7, 11) is 0. The molecule has 1 aromatic heterocycles. The second kappa shape index (κ2) is 6.86. The molecule has 0 unspecified atom stereocenters. The Morgan fingerprint density at radius 1 is 1.24 bits per heavy atom. The average molecular weight is 338 g/mol. The summed E-state index contributed by atoms with van der Waals surface area (Å²) in [6, 6.07) is 12.1. The van der Waals surface area contributed by atoms with Crippen molar-refractivity contribution in [1.29, 1.82) is 0 Å². The van der Waals surface area contributed by atoms with E-state index in [2.05, 4.69) is 6.07 Å². The van der Waals surface area contributed by atoms with E-state index in [1.165, 1.54) is 9.77 Å². The number of nitrogens with zero attached hydrogens (tertiary/aromatic N) is 1. The molecule has 0 aliphatic carbocycles. The number of hydrogen-bond donors (Lipinski definition) is 0. The van der Waals surface area contributed by atoms with Crippen LogP contribution in [0.3, 0.4) is 0 Å². The number of aryl methyl sites for hydroxylation is 1. The number of anilines is 1. The first-order valence-corrected chi connectivity index (χ1v) is 9.18. The number of para-hydroxylation sites is 1. The zero-order chi connectivity index (χ0) is 14.7. The number of halogens is 1. The van der Waals surface area contributed by atoms with Crippen molar-refractivity contribution in [3.63, 3.8) is 0 Å². The van der Waals surface area contributed by atoms with Gasteiger partial charge in [-0.05, 0) is 42.9 Å². The Balaban J connectivity index is 1.72. The van der Waals surface area contributed by atoms with Gasteiger partial charge >= 0.3 is 0 Å². The Bertz CT molecular complexity index is 641. The summed E-state index contributed by atoms with van der Waals surface area (Å²) < 4.78 is 0.786. The number of hydrogen-bond acceptors (Lipinski definition) is 3. The van der Waals surface area contributed by atoms with Crippen LogP contribution in [0.15, 0.2) is 41.3 Å². The van der Waals surface area contributed by atoms with E-state index < -0.39 is 0 Å². The van der Waals surface area contributed by atoms with Gasteiger partial charge in [-0.2, -0.15) is 0 Å². The molecule has 0 bridgehead atoms. The normalized spacial score (nSPS) is 14.6. The molecule has 1 amide bonds. The van der Waals surface area contributed by atoms with Crippen molar-refractivity contribution in [2.75, 3.05) is 17.2 Å². The highest BCUT2D eigenvalue weighted by Crippen LogP contribution is 2.34. The minimum Gasteiger partial charge on any atom is -0.311 e. The highest BCUT2D eigenvalue weighted by molar-refractivity contribution is 7.99. The van der Waals surface area contributed by atoms with Gasteiger partial charge in [-0.3, -0.25) is 4.79 Å². The van der Waals surface area contributed by atoms with Crippen LogP contribution in [-0.2, 0) is 11.2 Å². The lowest BCUT2D eigenvalue weighted by Gasteiger charge is -2.22. The molecule has 1 aliphatic heterocycles. The van der Waals surface area contributed by atoms with Crippen molar-refractivity contribution < 1.29 is 4.79 Å². The van der Waals surface area contributed by atoms with Gasteiger partial charge < -0.3 is 4.90 Å². The van der Waals surface area contributed by atoms with Crippen LogP contribution >= 0.6 is 34.7 Å². The van der Waals surface area contributed by atoms with Gasteiger partial charge in [0.2, 0.25) is 5.91 Å². The molecule has 1 aromatic carbocycles. The Morgan fingerprint density at radius 2 is 2.10 bits per heavy atom. The number of amides is 1. The molecular weight excluding hydrogens is 322 g/mol. The summed E-state index contributed by atoms with van der Waals surface area (Å²) in [6.45, 7) is 0.814. The van der Waals surface area contributed by atoms with Crippen LogP contribution in [0, 0.1) is 0 Å². The highest BCUT2D eigenvalue weighted by atomic mass is 35.5. The predicted molar refractivity (Wildman–Crippen MR) is 91.8 cm³/mol. The molecule has 0 spiro atoms. The zero-order valence-electron chi connectivity index (χ0n) is 11.5. The van der Waals surface area contributed by atoms with Crippen LogP contribution in [0.4, 0.5) is 5.69 Å².